The molecule has 2 aromatic heterocycles. The Bertz CT molecular complexity index is 732. The van der Waals surface area contributed by atoms with E-state index in [1.807, 2.05) is 19.6 Å². The number of pyridine rings is 1. The van der Waals surface area contributed by atoms with Crippen LogP contribution in [0.2, 0.25) is 0 Å². The van der Waals surface area contributed by atoms with Gasteiger partial charge in [0.2, 0.25) is 0 Å². The van der Waals surface area contributed by atoms with Crippen LogP contribution in [0.15, 0.2) is 30.7 Å². The molecule has 3 heteroatoms. The smallest absolute Gasteiger partial charge is 0.107 e. The van der Waals surface area contributed by atoms with Crippen LogP contribution < -0.4 is 0 Å². The second kappa shape index (κ2) is 3.55. The van der Waals surface area contributed by atoms with Gasteiger partial charge in [0.05, 0.1) is 23.6 Å². The lowest BCUT2D eigenvalue weighted by Crippen LogP contribution is -2.10. The molecule has 0 radical (unpaired) electrons. The van der Waals surface area contributed by atoms with Crippen LogP contribution in [-0.2, 0) is 12.5 Å². The first-order chi connectivity index (χ1) is 8.47. The van der Waals surface area contributed by atoms with E-state index in [1.165, 1.54) is 10.9 Å². The Hall–Kier alpha value is -1.90. The molecule has 0 spiro atoms. The molecule has 0 aliphatic heterocycles. The van der Waals surface area contributed by atoms with Crippen LogP contribution in [0.1, 0.15) is 26.3 Å². The number of nitrogens with zero attached hydrogens (tertiary/aromatic N) is 3. The molecule has 1 aromatic carbocycles. The highest BCUT2D eigenvalue weighted by Gasteiger charge is 2.15. The van der Waals surface area contributed by atoms with Crippen molar-refractivity contribution in [2.24, 2.45) is 7.05 Å². The molecule has 0 amide bonds. The van der Waals surface area contributed by atoms with Crippen LogP contribution in [0.3, 0.4) is 0 Å². The van der Waals surface area contributed by atoms with Gasteiger partial charge in [-0.25, -0.2) is 4.98 Å². The van der Waals surface area contributed by atoms with Gasteiger partial charge in [0.1, 0.15) is 5.52 Å². The average Bonchev–Trinajstić information content (AvgIpc) is 2.69. The largest absolute Gasteiger partial charge is 0.333 e. The highest BCUT2D eigenvalue weighted by atomic mass is 15.0. The Balaban J connectivity index is 2.43. The third-order valence-electron chi connectivity index (χ3n) is 3.41. The number of benzene rings is 1. The van der Waals surface area contributed by atoms with E-state index in [-0.39, 0.29) is 5.41 Å². The zero-order valence-electron chi connectivity index (χ0n) is 11.2. The van der Waals surface area contributed by atoms with Gasteiger partial charge in [-0.1, -0.05) is 26.8 Å². The number of imidazole rings is 1. The maximum absolute atomic E-state index is 4.47. The van der Waals surface area contributed by atoms with Crippen LogP contribution in [0, 0.1) is 0 Å². The lowest BCUT2D eigenvalue weighted by atomic mass is 9.86. The summed E-state index contributed by atoms with van der Waals surface area (Å²) in [4.78, 5) is 8.83. The van der Waals surface area contributed by atoms with Crippen LogP contribution in [0.5, 0.6) is 0 Å². The van der Waals surface area contributed by atoms with E-state index in [9.17, 15) is 0 Å². The van der Waals surface area contributed by atoms with Crippen molar-refractivity contribution in [2.75, 3.05) is 0 Å². The molecule has 0 aliphatic rings. The summed E-state index contributed by atoms with van der Waals surface area (Å²) < 4.78 is 2.06. The summed E-state index contributed by atoms with van der Waals surface area (Å²) in [5, 5.41) is 1.18. The molecule has 0 unspecified atom stereocenters. The van der Waals surface area contributed by atoms with Crippen molar-refractivity contribution in [3.63, 3.8) is 0 Å². The SMILES string of the molecule is Cn1cnc2cnc3ccc(C(C)(C)C)cc3c21. The summed E-state index contributed by atoms with van der Waals surface area (Å²) in [5.74, 6) is 0. The molecular formula is C15H17N3. The Morgan fingerprint density at radius 1 is 1.06 bits per heavy atom. The molecule has 0 saturated carbocycles. The average molecular weight is 239 g/mol. The van der Waals surface area contributed by atoms with Crippen molar-refractivity contribution in [1.29, 1.82) is 0 Å². The number of aromatic nitrogens is 3. The van der Waals surface area contributed by atoms with Crippen molar-refractivity contribution in [2.45, 2.75) is 26.2 Å². The molecule has 0 aliphatic carbocycles. The Morgan fingerprint density at radius 2 is 1.83 bits per heavy atom. The molecule has 0 fully saturated rings. The third-order valence-corrected chi connectivity index (χ3v) is 3.41. The lowest BCUT2D eigenvalue weighted by Gasteiger charge is -2.19. The molecule has 3 rings (SSSR count). The standard InChI is InChI=1S/C15H17N3/c1-15(2,3)10-5-6-12-11(7-10)14-13(8-16-12)17-9-18(14)4/h5-9H,1-4H3. The van der Waals surface area contributed by atoms with Gasteiger partial charge in [-0.15, -0.1) is 0 Å². The van der Waals surface area contributed by atoms with E-state index >= 15 is 0 Å². The summed E-state index contributed by atoms with van der Waals surface area (Å²) in [7, 11) is 2.03. The Kier molecular flexibility index (Phi) is 2.21. The maximum atomic E-state index is 4.47. The molecule has 0 atom stereocenters. The molecule has 2 heterocycles. The quantitative estimate of drug-likeness (QED) is 0.602. The number of fused-ring (bicyclic) bond motifs is 3. The van der Waals surface area contributed by atoms with Crippen molar-refractivity contribution in [1.82, 2.24) is 14.5 Å². The summed E-state index contributed by atoms with van der Waals surface area (Å²) >= 11 is 0. The van der Waals surface area contributed by atoms with E-state index < -0.39 is 0 Å². The summed E-state index contributed by atoms with van der Waals surface area (Å²) in [5.41, 5.74) is 4.61. The van der Waals surface area contributed by atoms with E-state index in [2.05, 4.69) is 53.5 Å². The summed E-state index contributed by atoms with van der Waals surface area (Å²) in [6.07, 6.45) is 3.68. The Labute approximate surface area is 106 Å². The fourth-order valence-electron chi connectivity index (χ4n) is 2.31. The van der Waals surface area contributed by atoms with Crippen LogP contribution >= 0.6 is 0 Å². The summed E-state index contributed by atoms with van der Waals surface area (Å²) in [6.45, 7) is 6.68. The fraction of sp³-hybridized carbons (Fsp3) is 0.333. The number of hydrogen-bond donors (Lipinski definition) is 0. The minimum absolute atomic E-state index is 0.148. The monoisotopic (exact) mass is 239 g/mol. The normalized spacial score (nSPS) is 12.4. The van der Waals surface area contributed by atoms with E-state index in [1.54, 1.807) is 0 Å². The predicted octanol–water partition coefficient (Wildman–Crippen LogP) is 3.42. The first kappa shape index (κ1) is 11.2. The van der Waals surface area contributed by atoms with Crippen LogP contribution in [0.25, 0.3) is 21.9 Å². The maximum Gasteiger partial charge on any atom is 0.107 e. The van der Waals surface area contributed by atoms with Gasteiger partial charge in [-0.3, -0.25) is 4.98 Å². The van der Waals surface area contributed by atoms with Crippen molar-refractivity contribution in [3.8, 4) is 0 Å². The summed E-state index contributed by atoms with van der Waals surface area (Å²) in [6, 6.07) is 6.51. The minimum Gasteiger partial charge on any atom is -0.333 e. The van der Waals surface area contributed by atoms with Crippen molar-refractivity contribution < 1.29 is 0 Å². The first-order valence-corrected chi connectivity index (χ1v) is 6.17. The molecule has 18 heavy (non-hydrogen) atoms. The molecule has 3 aromatic rings. The second-order valence-corrected chi connectivity index (χ2v) is 5.83. The predicted molar refractivity (Wildman–Crippen MR) is 74.7 cm³/mol. The molecule has 0 saturated heterocycles. The van der Waals surface area contributed by atoms with E-state index in [0.717, 1.165) is 16.6 Å². The second-order valence-electron chi connectivity index (χ2n) is 5.83. The van der Waals surface area contributed by atoms with Crippen LogP contribution in [0.4, 0.5) is 0 Å². The lowest BCUT2D eigenvalue weighted by molar-refractivity contribution is 0.591. The van der Waals surface area contributed by atoms with Gasteiger partial charge in [0.25, 0.3) is 0 Å². The zero-order chi connectivity index (χ0) is 12.9. The number of aryl methyl sites for hydroxylation is 1. The first-order valence-electron chi connectivity index (χ1n) is 6.17. The topological polar surface area (TPSA) is 30.7 Å². The van der Waals surface area contributed by atoms with Gasteiger partial charge in [0.15, 0.2) is 0 Å². The highest BCUT2D eigenvalue weighted by Crippen LogP contribution is 2.28. The molecule has 0 bridgehead atoms. The fourth-order valence-corrected chi connectivity index (χ4v) is 2.31. The molecule has 3 nitrogen and oxygen atoms in total. The van der Waals surface area contributed by atoms with Crippen molar-refractivity contribution >= 4 is 21.9 Å². The molecule has 0 N–H and O–H groups in total. The van der Waals surface area contributed by atoms with Crippen molar-refractivity contribution in [3.05, 3.63) is 36.3 Å². The van der Waals surface area contributed by atoms with Gasteiger partial charge in [-0.05, 0) is 23.1 Å². The Morgan fingerprint density at radius 3 is 2.56 bits per heavy atom. The highest BCUT2D eigenvalue weighted by molar-refractivity contribution is 6.02. The number of rotatable bonds is 0. The molecule has 92 valence electrons. The van der Waals surface area contributed by atoms with Gasteiger partial charge in [-0.2, -0.15) is 0 Å². The van der Waals surface area contributed by atoms with E-state index in [0.29, 0.717) is 0 Å². The van der Waals surface area contributed by atoms with Gasteiger partial charge >= 0.3 is 0 Å². The third kappa shape index (κ3) is 1.58. The number of hydrogen-bond acceptors (Lipinski definition) is 2. The minimum atomic E-state index is 0.148. The van der Waals surface area contributed by atoms with E-state index in [4.69, 9.17) is 0 Å². The van der Waals surface area contributed by atoms with Gasteiger partial charge in [0, 0.05) is 12.4 Å². The van der Waals surface area contributed by atoms with Crippen LogP contribution in [-0.4, -0.2) is 14.5 Å². The van der Waals surface area contributed by atoms with Gasteiger partial charge < -0.3 is 4.57 Å². The molecular weight excluding hydrogens is 222 g/mol. The zero-order valence-corrected chi connectivity index (χ0v) is 11.2.